The van der Waals surface area contributed by atoms with Gasteiger partial charge >= 0.3 is 12.1 Å². The number of carbonyl (C=O) groups is 3. The largest absolute Gasteiger partial charge is 0.508 e. The number of alkyl halides is 3. The zero-order valence-corrected chi connectivity index (χ0v) is 17.9. The summed E-state index contributed by atoms with van der Waals surface area (Å²) in [6.07, 6.45) is -5.42. The minimum atomic E-state index is -4.80. The van der Waals surface area contributed by atoms with Gasteiger partial charge in [0.15, 0.2) is 5.96 Å². The molecule has 2 aromatic rings. The first-order valence-electron chi connectivity index (χ1n) is 9.36. The van der Waals surface area contributed by atoms with Crippen LogP contribution < -0.4 is 22.1 Å². The number of nitrogens with one attached hydrogen (secondary N) is 2. The average Bonchev–Trinajstić information content (AvgIpc) is 2.71. The number of benzene rings is 2. The molecule has 0 heterocycles. The van der Waals surface area contributed by atoms with Crippen molar-refractivity contribution in [1.29, 1.82) is 0 Å². The number of aromatic hydroxyl groups is 1. The van der Waals surface area contributed by atoms with Crippen LogP contribution in [0.15, 0.2) is 41.4 Å². The Morgan fingerprint density at radius 1 is 1.12 bits per heavy atom. The van der Waals surface area contributed by atoms with Crippen LogP contribution in [-0.2, 0) is 15.8 Å². The van der Waals surface area contributed by atoms with Gasteiger partial charge in [0.05, 0.1) is 30.3 Å². The number of carboxylic acid groups (broad SMARTS) is 1. The summed E-state index contributed by atoms with van der Waals surface area (Å²) in [6, 6.07) is 4.79. The van der Waals surface area contributed by atoms with E-state index < -0.39 is 60.1 Å². The number of guanidine groups is 1. The summed E-state index contributed by atoms with van der Waals surface area (Å²) in [6.45, 7) is -0.718. The number of hydrogen-bond acceptors (Lipinski definition) is 5. The van der Waals surface area contributed by atoms with E-state index in [2.05, 4.69) is 15.6 Å². The molecule has 182 valence electrons. The van der Waals surface area contributed by atoms with E-state index >= 15 is 0 Å². The maximum Gasteiger partial charge on any atom is 0.416 e. The van der Waals surface area contributed by atoms with E-state index in [0.29, 0.717) is 12.1 Å². The van der Waals surface area contributed by atoms with E-state index in [4.69, 9.17) is 28.2 Å². The Kier molecular flexibility index (Phi) is 8.30. The SMILES string of the molecule is NC(N)=Nc1cc(C(=O)NCC(=O)NC(CC(=O)O)c2cc(Cl)ccc2O)cc(C(F)(F)F)c1. The number of carboxylic acids is 1. The van der Waals surface area contributed by atoms with Gasteiger partial charge in [0.2, 0.25) is 5.91 Å². The Bertz CT molecular complexity index is 1140. The van der Waals surface area contributed by atoms with Gasteiger partial charge in [0, 0.05) is 16.1 Å². The van der Waals surface area contributed by atoms with Crippen LogP contribution in [0.3, 0.4) is 0 Å². The molecule has 34 heavy (non-hydrogen) atoms. The van der Waals surface area contributed by atoms with E-state index in [1.807, 2.05) is 0 Å². The van der Waals surface area contributed by atoms with Crippen LogP contribution in [-0.4, -0.2) is 40.5 Å². The number of phenolic OH excluding ortho intramolecular Hbond substituents is 1. The fourth-order valence-electron chi connectivity index (χ4n) is 2.85. The number of phenols is 1. The lowest BCUT2D eigenvalue weighted by atomic mass is 10.0. The first kappa shape index (κ1) is 26.3. The minimum Gasteiger partial charge on any atom is -0.508 e. The molecule has 0 spiro atoms. The van der Waals surface area contributed by atoms with Crippen molar-refractivity contribution in [2.24, 2.45) is 16.5 Å². The molecular formula is C20H19ClF3N5O5. The summed E-state index contributed by atoms with van der Waals surface area (Å²) in [5.74, 6) is -4.08. The number of aliphatic imine (C=N–C) groups is 1. The molecule has 0 radical (unpaired) electrons. The standard InChI is InChI=1S/C20H19ClF3N5O5/c21-11-1-2-15(30)13(6-11)14(7-17(32)33)29-16(31)8-27-18(34)9-3-10(20(22,23)24)5-12(4-9)28-19(25)26/h1-6,14,30H,7-8H2,(H,27,34)(H,29,31)(H,32,33)(H4,25,26,28). The Labute approximate surface area is 195 Å². The lowest BCUT2D eigenvalue weighted by molar-refractivity contribution is -0.138. The molecule has 1 unspecified atom stereocenters. The van der Waals surface area contributed by atoms with Gasteiger partial charge in [-0.1, -0.05) is 11.6 Å². The van der Waals surface area contributed by atoms with Crippen molar-refractivity contribution in [3.05, 3.63) is 58.1 Å². The fourth-order valence-corrected chi connectivity index (χ4v) is 3.03. The molecule has 0 saturated carbocycles. The van der Waals surface area contributed by atoms with Gasteiger partial charge in [-0.25, -0.2) is 4.99 Å². The van der Waals surface area contributed by atoms with Crippen LogP contribution in [0, 0.1) is 0 Å². The number of nitrogens with two attached hydrogens (primary N) is 2. The summed E-state index contributed by atoms with van der Waals surface area (Å²) < 4.78 is 39.4. The Morgan fingerprint density at radius 3 is 2.38 bits per heavy atom. The lowest BCUT2D eigenvalue weighted by Crippen LogP contribution is -2.39. The number of halogens is 4. The summed E-state index contributed by atoms with van der Waals surface area (Å²) >= 11 is 5.86. The monoisotopic (exact) mass is 501 g/mol. The minimum absolute atomic E-state index is 0.0225. The maximum atomic E-state index is 13.1. The molecule has 2 amide bonds. The third kappa shape index (κ3) is 7.55. The number of carbonyl (C=O) groups excluding carboxylic acids is 2. The van der Waals surface area contributed by atoms with E-state index in [-0.39, 0.29) is 22.0 Å². The molecule has 1 atom stereocenters. The van der Waals surface area contributed by atoms with Gasteiger partial charge < -0.3 is 32.3 Å². The first-order valence-corrected chi connectivity index (χ1v) is 9.73. The number of hydrogen-bond donors (Lipinski definition) is 6. The molecule has 0 bridgehead atoms. The van der Waals surface area contributed by atoms with Crippen LogP contribution in [0.5, 0.6) is 5.75 Å². The molecule has 8 N–H and O–H groups in total. The number of amides is 2. The predicted molar refractivity (Wildman–Crippen MR) is 116 cm³/mol. The van der Waals surface area contributed by atoms with Crippen molar-refractivity contribution in [2.75, 3.05) is 6.54 Å². The van der Waals surface area contributed by atoms with Crippen LogP contribution >= 0.6 is 11.6 Å². The third-order valence-corrected chi connectivity index (χ3v) is 4.49. The first-order chi connectivity index (χ1) is 15.8. The van der Waals surface area contributed by atoms with Gasteiger partial charge in [0.25, 0.3) is 5.91 Å². The molecule has 2 rings (SSSR count). The van der Waals surface area contributed by atoms with Crippen molar-refractivity contribution in [1.82, 2.24) is 10.6 Å². The normalized spacial score (nSPS) is 11.9. The molecule has 0 aliphatic carbocycles. The topological polar surface area (TPSA) is 180 Å². The maximum absolute atomic E-state index is 13.1. The van der Waals surface area contributed by atoms with Gasteiger partial charge in [0.1, 0.15) is 5.75 Å². The van der Waals surface area contributed by atoms with Crippen molar-refractivity contribution in [2.45, 2.75) is 18.6 Å². The average molecular weight is 502 g/mol. The predicted octanol–water partition coefficient (Wildman–Crippen LogP) is 2.03. The van der Waals surface area contributed by atoms with Crippen LogP contribution in [0.2, 0.25) is 5.02 Å². The van der Waals surface area contributed by atoms with E-state index in [0.717, 1.165) is 6.07 Å². The van der Waals surface area contributed by atoms with Crippen molar-refractivity contribution >= 4 is 41.0 Å². The lowest BCUT2D eigenvalue weighted by Gasteiger charge is -2.19. The molecule has 0 fully saturated rings. The van der Waals surface area contributed by atoms with E-state index in [1.165, 1.54) is 18.2 Å². The van der Waals surface area contributed by atoms with Crippen molar-refractivity contribution in [3.63, 3.8) is 0 Å². The second kappa shape index (κ2) is 10.7. The highest BCUT2D eigenvalue weighted by atomic mass is 35.5. The summed E-state index contributed by atoms with van der Waals surface area (Å²) in [4.78, 5) is 39.4. The molecule has 0 saturated heterocycles. The van der Waals surface area contributed by atoms with Crippen molar-refractivity contribution < 1.29 is 37.8 Å². The quantitative estimate of drug-likeness (QED) is 0.236. The van der Waals surface area contributed by atoms with Gasteiger partial charge in [-0.3, -0.25) is 14.4 Å². The Hall–Kier alpha value is -4.00. The van der Waals surface area contributed by atoms with Crippen LogP contribution in [0.1, 0.15) is 33.9 Å². The van der Waals surface area contributed by atoms with Gasteiger partial charge in [-0.2, -0.15) is 13.2 Å². The van der Waals surface area contributed by atoms with Gasteiger partial charge in [-0.05, 0) is 36.4 Å². The fraction of sp³-hybridized carbons (Fsp3) is 0.200. The summed E-state index contributed by atoms with van der Waals surface area (Å²) in [5, 5.41) is 23.7. The zero-order chi connectivity index (χ0) is 25.6. The molecular weight excluding hydrogens is 483 g/mol. The zero-order valence-electron chi connectivity index (χ0n) is 17.2. The molecule has 0 aliphatic heterocycles. The van der Waals surface area contributed by atoms with Crippen LogP contribution in [0.4, 0.5) is 18.9 Å². The number of aliphatic carboxylic acids is 1. The molecule has 0 aliphatic rings. The third-order valence-electron chi connectivity index (χ3n) is 4.25. The molecule has 14 heteroatoms. The highest BCUT2D eigenvalue weighted by Gasteiger charge is 2.32. The van der Waals surface area contributed by atoms with E-state index in [9.17, 15) is 32.7 Å². The highest BCUT2D eigenvalue weighted by molar-refractivity contribution is 6.30. The summed E-state index contributed by atoms with van der Waals surface area (Å²) in [7, 11) is 0. The number of rotatable bonds is 8. The molecule has 2 aromatic carbocycles. The molecule has 0 aromatic heterocycles. The van der Waals surface area contributed by atoms with Gasteiger partial charge in [-0.15, -0.1) is 0 Å². The van der Waals surface area contributed by atoms with Crippen LogP contribution in [0.25, 0.3) is 0 Å². The highest BCUT2D eigenvalue weighted by Crippen LogP contribution is 2.33. The Morgan fingerprint density at radius 2 is 1.79 bits per heavy atom. The second-order valence-corrected chi connectivity index (χ2v) is 7.34. The second-order valence-electron chi connectivity index (χ2n) is 6.91. The van der Waals surface area contributed by atoms with E-state index in [1.54, 1.807) is 0 Å². The Balaban J connectivity index is 2.18. The van der Waals surface area contributed by atoms with Crippen molar-refractivity contribution in [3.8, 4) is 5.75 Å². The molecule has 10 nitrogen and oxygen atoms in total. The smallest absolute Gasteiger partial charge is 0.416 e. The summed E-state index contributed by atoms with van der Waals surface area (Å²) in [5.41, 5.74) is 8.39. The number of nitrogens with zero attached hydrogens (tertiary/aromatic N) is 1.